The number of nitrogens with one attached hydrogen (secondary N) is 2. The maximum absolute atomic E-state index is 12.1. The Morgan fingerprint density at radius 1 is 0.966 bits per heavy atom. The first-order valence-electron chi connectivity index (χ1n) is 8.58. The number of benzene rings is 2. The summed E-state index contributed by atoms with van der Waals surface area (Å²) in [5, 5.41) is 0.333. The van der Waals surface area contributed by atoms with E-state index in [4.69, 9.17) is 25.8 Å². The summed E-state index contributed by atoms with van der Waals surface area (Å²) in [5.41, 5.74) is 6.61. The summed E-state index contributed by atoms with van der Waals surface area (Å²) in [6, 6.07) is 9.90. The van der Waals surface area contributed by atoms with Gasteiger partial charge in [0.2, 0.25) is 0 Å². The molecule has 8 nitrogen and oxygen atoms in total. The van der Waals surface area contributed by atoms with Gasteiger partial charge in [0.25, 0.3) is 11.8 Å². The van der Waals surface area contributed by atoms with Gasteiger partial charge >= 0.3 is 5.97 Å². The van der Waals surface area contributed by atoms with Gasteiger partial charge in [-0.25, -0.2) is 4.79 Å². The highest BCUT2D eigenvalue weighted by molar-refractivity contribution is 6.31. The van der Waals surface area contributed by atoms with Gasteiger partial charge in [-0.1, -0.05) is 17.7 Å². The Labute approximate surface area is 173 Å². The minimum absolute atomic E-state index is 0.138. The predicted molar refractivity (Wildman–Crippen MR) is 106 cm³/mol. The number of carbonyl (C=O) groups excluding carboxylic acids is 3. The molecule has 9 heteroatoms. The zero-order chi connectivity index (χ0) is 21.4. The van der Waals surface area contributed by atoms with Crippen molar-refractivity contribution < 1.29 is 28.6 Å². The molecule has 0 saturated heterocycles. The number of amides is 2. The summed E-state index contributed by atoms with van der Waals surface area (Å²) >= 11 is 5.86. The number of hydrogen-bond acceptors (Lipinski definition) is 6. The van der Waals surface area contributed by atoms with E-state index in [-0.39, 0.29) is 17.9 Å². The molecule has 154 valence electrons. The SMILES string of the molecule is COc1ccc(Cl)cc1C(=O)NNC(=O)COC(=O)COc1ccc(C)c(C)c1. The van der Waals surface area contributed by atoms with Crippen LogP contribution in [0.1, 0.15) is 21.5 Å². The van der Waals surface area contributed by atoms with Crippen LogP contribution in [-0.2, 0) is 14.3 Å². The lowest BCUT2D eigenvalue weighted by molar-refractivity contribution is -0.150. The van der Waals surface area contributed by atoms with Crippen molar-refractivity contribution in [1.82, 2.24) is 10.9 Å². The van der Waals surface area contributed by atoms with Crippen molar-refractivity contribution in [2.45, 2.75) is 13.8 Å². The zero-order valence-electron chi connectivity index (χ0n) is 16.2. The molecular formula is C20H21ClN2O6. The second-order valence-electron chi connectivity index (χ2n) is 6.04. The van der Waals surface area contributed by atoms with E-state index in [0.29, 0.717) is 10.8 Å². The standard InChI is InChI=1S/C20H21ClN2O6/c1-12-4-6-15(8-13(12)2)28-11-19(25)29-10-18(24)22-23-20(26)16-9-14(21)5-7-17(16)27-3/h4-9H,10-11H2,1-3H3,(H,22,24)(H,23,26). The van der Waals surface area contributed by atoms with Crippen LogP contribution in [0.3, 0.4) is 0 Å². The molecule has 0 aliphatic heterocycles. The molecule has 0 aromatic heterocycles. The molecule has 0 bridgehead atoms. The third kappa shape index (κ3) is 6.69. The second-order valence-corrected chi connectivity index (χ2v) is 6.48. The Morgan fingerprint density at radius 2 is 1.72 bits per heavy atom. The normalized spacial score (nSPS) is 10.1. The van der Waals surface area contributed by atoms with Crippen LogP contribution < -0.4 is 20.3 Å². The van der Waals surface area contributed by atoms with Crippen LogP contribution in [0, 0.1) is 13.8 Å². The minimum atomic E-state index is -0.723. The van der Waals surface area contributed by atoms with Gasteiger partial charge in [0.05, 0.1) is 12.7 Å². The molecule has 2 N–H and O–H groups in total. The largest absolute Gasteiger partial charge is 0.496 e. The van der Waals surface area contributed by atoms with Crippen LogP contribution in [0.4, 0.5) is 0 Å². The van der Waals surface area contributed by atoms with Gasteiger partial charge in [-0.05, 0) is 55.3 Å². The lowest BCUT2D eigenvalue weighted by Crippen LogP contribution is -2.43. The van der Waals surface area contributed by atoms with E-state index in [9.17, 15) is 14.4 Å². The Bertz CT molecular complexity index is 916. The summed E-state index contributed by atoms with van der Waals surface area (Å²) in [6.07, 6.45) is 0. The molecule has 0 atom stereocenters. The highest BCUT2D eigenvalue weighted by Crippen LogP contribution is 2.22. The van der Waals surface area contributed by atoms with Gasteiger partial charge in [-0.15, -0.1) is 0 Å². The molecule has 0 aliphatic carbocycles. The first kappa shape index (κ1) is 22.0. The number of esters is 1. The third-order valence-electron chi connectivity index (χ3n) is 3.92. The fourth-order valence-electron chi connectivity index (χ4n) is 2.22. The van der Waals surface area contributed by atoms with Crippen molar-refractivity contribution in [3.8, 4) is 11.5 Å². The van der Waals surface area contributed by atoms with E-state index in [1.165, 1.54) is 19.2 Å². The summed E-state index contributed by atoms with van der Waals surface area (Å²) in [5.74, 6) is -1.27. The average Bonchev–Trinajstić information content (AvgIpc) is 2.71. The predicted octanol–water partition coefficient (Wildman–Crippen LogP) is 2.35. The third-order valence-corrected chi connectivity index (χ3v) is 4.16. The number of hydrazine groups is 1. The molecule has 0 aliphatic rings. The van der Waals surface area contributed by atoms with Gasteiger partial charge in [-0.2, -0.15) is 0 Å². The number of ether oxygens (including phenoxy) is 3. The Kier molecular flexibility index (Phi) is 7.85. The molecule has 0 saturated carbocycles. The summed E-state index contributed by atoms with van der Waals surface area (Å²) in [7, 11) is 1.40. The van der Waals surface area contributed by atoms with E-state index in [1.807, 2.05) is 19.9 Å². The molecule has 2 rings (SSSR count). The molecule has 0 radical (unpaired) electrons. The molecule has 2 aromatic carbocycles. The number of carbonyl (C=O) groups is 3. The van der Waals surface area contributed by atoms with E-state index >= 15 is 0 Å². The van der Waals surface area contributed by atoms with Gasteiger partial charge in [0.15, 0.2) is 13.2 Å². The van der Waals surface area contributed by atoms with Crippen LogP contribution in [0.25, 0.3) is 0 Å². The Hall–Kier alpha value is -3.26. The molecule has 29 heavy (non-hydrogen) atoms. The van der Waals surface area contributed by atoms with E-state index < -0.39 is 24.4 Å². The van der Waals surface area contributed by atoms with Crippen molar-refractivity contribution in [2.75, 3.05) is 20.3 Å². The molecule has 0 spiro atoms. The second kappa shape index (κ2) is 10.3. The van der Waals surface area contributed by atoms with Crippen LogP contribution in [-0.4, -0.2) is 38.1 Å². The number of methoxy groups -OCH3 is 1. The maximum Gasteiger partial charge on any atom is 0.344 e. The lowest BCUT2D eigenvalue weighted by Gasteiger charge is -2.11. The van der Waals surface area contributed by atoms with Crippen LogP contribution in [0.2, 0.25) is 5.02 Å². The van der Waals surface area contributed by atoms with Crippen molar-refractivity contribution in [2.24, 2.45) is 0 Å². The highest BCUT2D eigenvalue weighted by atomic mass is 35.5. The van der Waals surface area contributed by atoms with E-state index in [0.717, 1.165) is 11.1 Å². The van der Waals surface area contributed by atoms with E-state index in [2.05, 4.69) is 10.9 Å². The Balaban J connectivity index is 1.75. The summed E-state index contributed by atoms with van der Waals surface area (Å²) < 4.78 is 15.2. The first-order valence-corrected chi connectivity index (χ1v) is 8.96. The summed E-state index contributed by atoms with van der Waals surface area (Å²) in [6.45, 7) is 2.97. The van der Waals surface area contributed by atoms with Gasteiger partial charge in [0, 0.05) is 5.02 Å². The molecular weight excluding hydrogens is 400 g/mol. The number of halogens is 1. The van der Waals surface area contributed by atoms with Gasteiger partial charge < -0.3 is 14.2 Å². The fourth-order valence-corrected chi connectivity index (χ4v) is 2.39. The van der Waals surface area contributed by atoms with Crippen molar-refractivity contribution in [3.05, 3.63) is 58.1 Å². The summed E-state index contributed by atoms with van der Waals surface area (Å²) in [4.78, 5) is 35.6. The topological polar surface area (TPSA) is 103 Å². The number of rotatable bonds is 7. The number of hydrogen-bond donors (Lipinski definition) is 2. The van der Waals surface area contributed by atoms with Crippen LogP contribution in [0.5, 0.6) is 11.5 Å². The zero-order valence-corrected chi connectivity index (χ0v) is 17.0. The van der Waals surface area contributed by atoms with Gasteiger partial charge in [-0.3, -0.25) is 20.4 Å². The van der Waals surface area contributed by atoms with Crippen molar-refractivity contribution in [3.63, 3.8) is 0 Å². The smallest absolute Gasteiger partial charge is 0.344 e. The van der Waals surface area contributed by atoms with Crippen molar-refractivity contribution >= 4 is 29.4 Å². The van der Waals surface area contributed by atoms with E-state index in [1.54, 1.807) is 18.2 Å². The monoisotopic (exact) mass is 420 g/mol. The number of aryl methyl sites for hydroxylation is 2. The van der Waals surface area contributed by atoms with Crippen LogP contribution in [0.15, 0.2) is 36.4 Å². The van der Waals surface area contributed by atoms with Gasteiger partial charge in [0.1, 0.15) is 11.5 Å². The lowest BCUT2D eigenvalue weighted by atomic mass is 10.1. The Morgan fingerprint density at radius 3 is 2.41 bits per heavy atom. The van der Waals surface area contributed by atoms with Crippen molar-refractivity contribution in [1.29, 1.82) is 0 Å². The highest BCUT2D eigenvalue weighted by Gasteiger charge is 2.14. The fraction of sp³-hybridized carbons (Fsp3) is 0.250. The maximum atomic E-state index is 12.1. The molecule has 0 unspecified atom stereocenters. The molecule has 0 heterocycles. The average molecular weight is 421 g/mol. The molecule has 0 fully saturated rings. The minimum Gasteiger partial charge on any atom is -0.496 e. The molecule has 2 aromatic rings. The molecule has 2 amide bonds. The van der Waals surface area contributed by atoms with Crippen LogP contribution >= 0.6 is 11.6 Å². The first-order chi connectivity index (χ1) is 13.8. The quantitative estimate of drug-likeness (QED) is 0.526.